The number of carbonyl (C=O) groups is 1. The number of aromatic nitrogens is 2. The number of aliphatic hydroxyl groups excluding tert-OH is 1. The van der Waals surface area contributed by atoms with Gasteiger partial charge in [-0.1, -0.05) is 13.3 Å². The van der Waals surface area contributed by atoms with Crippen molar-refractivity contribution in [1.82, 2.24) is 9.78 Å². The van der Waals surface area contributed by atoms with E-state index in [-0.39, 0.29) is 0 Å². The van der Waals surface area contributed by atoms with E-state index < -0.39 is 12.0 Å². The van der Waals surface area contributed by atoms with E-state index in [0.29, 0.717) is 5.82 Å². The average Bonchev–Trinajstić information content (AvgIpc) is 2.47. The molecule has 0 saturated carbocycles. The van der Waals surface area contributed by atoms with Crippen LogP contribution in [0.1, 0.15) is 26.0 Å². The molecule has 0 saturated heterocycles. The molecular formula is C10H17N3O2. The molecule has 0 aliphatic carbocycles. The molecule has 1 aromatic heterocycles. The highest BCUT2D eigenvalue weighted by Gasteiger charge is 2.12. The van der Waals surface area contributed by atoms with Crippen molar-refractivity contribution in [3.05, 3.63) is 11.8 Å². The normalized spacial score (nSPS) is 12.5. The van der Waals surface area contributed by atoms with E-state index in [1.54, 1.807) is 11.7 Å². The van der Waals surface area contributed by atoms with Gasteiger partial charge < -0.3 is 10.4 Å². The van der Waals surface area contributed by atoms with Crippen LogP contribution in [0.2, 0.25) is 0 Å². The molecular weight excluding hydrogens is 194 g/mol. The molecule has 1 rings (SSSR count). The Morgan fingerprint density at radius 2 is 2.40 bits per heavy atom. The van der Waals surface area contributed by atoms with Crippen LogP contribution in [-0.2, 0) is 18.3 Å². The summed E-state index contributed by atoms with van der Waals surface area (Å²) in [6, 6.07) is 1.82. The molecule has 1 amide bonds. The Hall–Kier alpha value is -1.36. The van der Waals surface area contributed by atoms with Crippen LogP contribution in [0.5, 0.6) is 0 Å². The van der Waals surface area contributed by atoms with Crippen molar-refractivity contribution in [2.75, 3.05) is 5.32 Å². The Morgan fingerprint density at radius 3 is 2.93 bits per heavy atom. The molecule has 2 N–H and O–H groups in total. The van der Waals surface area contributed by atoms with E-state index in [9.17, 15) is 4.79 Å². The summed E-state index contributed by atoms with van der Waals surface area (Å²) < 4.78 is 1.60. The monoisotopic (exact) mass is 211 g/mol. The molecule has 0 aliphatic heterocycles. The minimum Gasteiger partial charge on any atom is -0.384 e. The molecule has 1 atom stereocenters. The number of nitrogens with one attached hydrogen (secondary N) is 1. The predicted octanol–water partition coefficient (Wildman–Crippen LogP) is 0.692. The highest BCUT2D eigenvalue weighted by molar-refractivity contribution is 5.92. The third-order valence-electron chi connectivity index (χ3n) is 2.07. The smallest absolute Gasteiger partial charge is 0.254 e. The summed E-state index contributed by atoms with van der Waals surface area (Å²) in [6.07, 6.45) is 0.897. The van der Waals surface area contributed by atoms with Crippen molar-refractivity contribution in [3.63, 3.8) is 0 Å². The summed E-state index contributed by atoms with van der Waals surface area (Å²) in [7, 11) is 1.76. The molecule has 0 radical (unpaired) electrons. The molecule has 5 heteroatoms. The lowest BCUT2D eigenvalue weighted by atomic mass is 10.2. The van der Waals surface area contributed by atoms with Crippen molar-refractivity contribution >= 4 is 11.7 Å². The number of carbonyl (C=O) groups excluding carboxylic acids is 1. The molecule has 0 spiro atoms. The zero-order valence-electron chi connectivity index (χ0n) is 9.32. The van der Waals surface area contributed by atoms with Gasteiger partial charge in [-0.05, 0) is 13.3 Å². The molecule has 0 aliphatic rings. The van der Waals surface area contributed by atoms with Gasteiger partial charge in [-0.3, -0.25) is 9.48 Å². The Kier molecular flexibility index (Phi) is 3.85. The van der Waals surface area contributed by atoms with Gasteiger partial charge in [0.25, 0.3) is 5.91 Å². The van der Waals surface area contributed by atoms with Gasteiger partial charge in [-0.15, -0.1) is 0 Å². The van der Waals surface area contributed by atoms with Gasteiger partial charge in [0.1, 0.15) is 11.9 Å². The summed E-state index contributed by atoms with van der Waals surface area (Å²) in [5, 5.41) is 15.9. The molecule has 1 aromatic rings. The van der Waals surface area contributed by atoms with Crippen molar-refractivity contribution in [1.29, 1.82) is 0 Å². The molecule has 15 heavy (non-hydrogen) atoms. The summed E-state index contributed by atoms with van der Waals surface area (Å²) in [5.74, 6) is 0.199. The zero-order valence-corrected chi connectivity index (χ0v) is 9.32. The maximum Gasteiger partial charge on any atom is 0.254 e. The first-order valence-corrected chi connectivity index (χ1v) is 5.06. The highest BCUT2D eigenvalue weighted by Crippen LogP contribution is 2.10. The lowest BCUT2D eigenvalue weighted by molar-refractivity contribution is -0.123. The van der Waals surface area contributed by atoms with Gasteiger partial charge >= 0.3 is 0 Å². The summed E-state index contributed by atoms with van der Waals surface area (Å²) >= 11 is 0. The number of hydrogen-bond donors (Lipinski definition) is 2. The van der Waals surface area contributed by atoms with E-state index in [4.69, 9.17) is 5.11 Å². The lowest BCUT2D eigenvalue weighted by Gasteiger charge is -2.05. The third kappa shape index (κ3) is 3.06. The van der Waals surface area contributed by atoms with Gasteiger partial charge in [-0.2, -0.15) is 5.10 Å². The predicted molar refractivity (Wildman–Crippen MR) is 57.5 cm³/mol. The fourth-order valence-electron chi connectivity index (χ4n) is 1.25. The Balaban J connectivity index is 2.72. The topological polar surface area (TPSA) is 67.2 Å². The van der Waals surface area contributed by atoms with Crippen molar-refractivity contribution in [2.24, 2.45) is 7.05 Å². The fraction of sp³-hybridized carbons (Fsp3) is 0.600. The van der Waals surface area contributed by atoms with E-state index in [2.05, 4.69) is 17.3 Å². The van der Waals surface area contributed by atoms with Crippen LogP contribution in [0.3, 0.4) is 0 Å². The number of nitrogens with zero attached hydrogens (tertiary/aromatic N) is 2. The van der Waals surface area contributed by atoms with E-state index >= 15 is 0 Å². The number of hydrogen-bond acceptors (Lipinski definition) is 3. The lowest BCUT2D eigenvalue weighted by Crippen LogP contribution is -2.25. The van der Waals surface area contributed by atoms with Gasteiger partial charge in [0.05, 0.1) is 5.69 Å². The standard InChI is InChI=1S/C10H17N3O2/c1-4-5-8-6-9(13(3)12-8)11-10(15)7(2)14/h6-7,14H,4-5H2,1-3H3,(H,11,15). The highest BCUT2D eigenvalue weighted by atomic mass is 16.3. The number of rotatable bonds is 4. The number of amides is 1. The van der Waals surface area contributed by atoms with E-state index in [0.717, 1.165) is 18.5 Å². The number of aryl methyl sites for hydroxylation is 2. The van der Waals surface area contributed by atoms with Crippen LogP contribution in [0.15, 0.2) is 6.07 Å². The Bertz CT molecular complexity index is 344. The van der Waals surface area contributed by atoms with Crippen LogP contribution in [0.25, 0.3) is 0 Å². The molecule has 1 unspecified atom stereocenters. The first-order chi connectivity index (χ1) is 7.04. The molecule has 0 fully saturated rings. The molecule has 5 nitrogen and oxygen atoms in total. The second kappa shape index (κ2) is 4.93. The largest absolute Gasteiger partial charge is 0.384 e. The van der Waals surface area contributed by atoms with Crippen LogP contribution < -0.4 is 5.32 Å². The third-order valence-corrected chi connectivity index (χ3v) is 2.07. The molecule has 0 aromatic carbocycles. The Morgan fingerprint density at radius 1 is 1.73 bits per heavy atom. The maximum absolute atomic E-state index is 11.2. The second-order valence-electron chi connectivity index (χ2n) is 3.56. The fourth-order valence-corrected chi connectivity index (χ4v) is 1.25. The van der Waals surface area contributed by atoms with Crippen LogP contribution in [0.4, 0.5) is 5.82 Å². The Labute approximate surface area is 89.1 Å². The minimum atomic E-state index is -1.01. The maximum atomic E-state index is 11.2. The molecule has 0 bridgehead atoms. The van der Waals surface area contributed by atoms with Crippen molar-refractivity contribution in [2.45, 2.75) is 32.8 Å². The summed E-state index contributed by atoms with van der Waals surface area (Å²) in [6.45, 7) is 3.50. The van der Waals surface area contributed by atoms with Gasteiger partial charge in [0, 0.05) is 13.1 Å². The van der Waals surface area contributed by atoms with Gasteiger partial charge in [0.15, 0.2) is 0 Å². The first-order valence-electron chi connectivity index (χ1n) is 5.06. The minimum absolute atomic E-state index is 0.416. The van der Waals surface area contributed by atoms with Gasteiger partial charge in [0.2, 0.25) is 0 Å². The van der Waals surface area contributed by atoms with Crippen molar-refractivity contribution < 1.29 is 9.90 Å². The number of aliphatic hydroxyl groups is 1. The van der Waals surface area contributed by atoms with Crippen LogP contribution in [0, 0.1) is 0 Å². The van der Waals surface area contributed by atoms with E-state index in [1.165, 1.54) is 6.92 Å². The van der Waals surface area contributed by atoms with Crippen molar-refractivity contribution in [3.8, 4) is 0 Å². The second-order valence-corrected chi connectivity index (χ2v) is 3.56. The zero-order chi connectivity index (χ0) is 11.4. The summed E-state index contributed by atoms with van der Waals surface area (Å²) in [4.78, 5) is 11.2. The van der Waals surface area contributed by atoms with Crippen LogP contribution >= 0.6 is 0 Å². The van der Waals surface area contributed by atoms with E-state index in [1.807, 2.05) is 6.07 Å². The van der Waals surface area contributed by atoms with Gasteiger partial charge in [-0.25, -0.2) is 0 Å². The average molecular weight is 211 g/mol. The number of anilines is 1. The quantitative estimate of drug-likeness (QED) is 0.770. The first kappa shape index (κ1) is 11.7. The SMILES string of the molecule is CCCc1cc(NC(=O)C(C)O)n(C)n1. The summed E-state index contributed by atoms with van der Waals surface area (Å²) in [5.41, 5.74) is 0.945. The molecule has 1 heterocycles. The molecule has 84 valence electrons. The van der Waals surface area contributed by atoms with Crippen LogP contribution in [-0.4, -0.2) is 26.9 Å².